The molecule has 0 unspecified atom stereocenters. The summed E-state index contributed by atoms with van der Waals surface area (Å²) in [5.74, 6) is -0.565. The van der Waals surface area contributed by atoms with Gasteiger partial charge in [0, 0.05) is 12.7 Å². The van der Waals surface area contributed by atoms with Gasteiger partial charge in [0.1, 0.15) is 12.1 Å². The van der Waals surface area contributed by atoms with Crippen molar-refractivity contribution in [1.82, 2.24) is 25.3 Å². The maximum Gasteiger partial charge on any atom is 0.325 e. The standard InChI is InChI=1S/C23H29N5O3/c1-17-18(15-28(26-17)19-10-4-2-5-11-19)9-8-14-24-20(29)16-27-21(30)23(25-22(27)31)12-6-3-7-13-23/h2,4-5,10-11,15H,3,6-9,12-14,16H2,1H3,(H,24,29)(H,25,31). The van der Waals surface area contributed by atoms with Crippen molar-refractivity contribution in [3.63, 3.8) is 0 Å². The van der Waals surface area contributed by atoms with Crippen LogP contribution in [-0.4, -0.2) is 51.2 Å². The lowest BCUT2D eigenvalue weighted by Gasteiger charge is -2.30. The van der Waals surface area contributed by atoms with Crippen LogP contribution >= 0.6 is 0 Å². The Hall–Kier alpha value is -3.16. The Morgan fingerprint density at radius 3 is 2.65 bits per heavy atom. The number of hydrogen-bond donors (Lipinski definition) is 2. The van der Waals surface area contributed by atoms with Crippen LogP contribution in [0.2, 0.25) is 0 Å². The number of rotatable bonds is 7. The van der Waals surface area contributed by atoms with Crippen molar-refractivity contribution >= 4 is 17.8 Å². The molecule has 1 aliphatic carbocycles. The summed E-state index contributed by atoms with van der Waals surface area (Å²) >= 11 is 0. The number of aromatic nitrogens is 2. The van der Waals surface area contributed by atoms with Gasteiger partial charge in [-0.25, -0.2) is 9.48 Å². The van der Waals surface area contributed by atoms with E-state index in [9.17, 15) is 14.4 Å². The van der Waals surface area contributed by atoms with Crippen molar-refractivity contribution < 1.29 is 14.4 Å². The van der Waals surface area contributed by atoms with Gasteiger partial charge in [0.15, 0.2) is 0 Å². The number of benzene rings is 1. The molecule has 2 aromatic rings. The highest BCUT2D eigenvalue weighted by Crippen LogP contribution is 2.33. The fraction of sp³-hybridized carbons (Fsp3) is 0.478. The molecule has 0 bridgehead atoms. The zero-order valence-electron chi connectivity index (χ0n) is 17.9. The summed E-state index contributed by atoms with van der Waals surface area (Å²) in [6.07, 6.45) is 7.79. The highest BCUT2D eigenvalue weighted by molar-refractivity contribution is 6.09. The minimum Gasteiger partial charge on any atom is -0.355 e. The second-order valence-corrected chi connectivity index (χ2v) is 8.44. The first-order valence-electron chi connectivity index (χ1n) is 11.0. The molecule has 1 aromatic carbocycles. The highest BCUT2D eigenvalue weighted by Gasteiger charge is 2.51. The first-order chi connectivity index (χ1) is 15.0. The summed E-state index contributed by atoms with van der Waals surface area (Å²) in [6, 6.07) is 9.48. The molecule has 2 fully saturated rings. The minimum atomic E-state index is -0.786. The van der Waals surface area contributed by atoms with Gasteiger partial charge < -0.3 is 10.6 Å². The molecule has 1 aliphatic heterocycles. The van der Waals surface area contributed by atoms with Crippen molar-refractivity contribution in [1.29, 1.82) is 0 Å². The molecule has 0 atom stereocenters. The van der Waals surface area contributed by atoms with Gasteiger partial charge in [-0.15, -0.1) is 0 Å². The second kappa shape index (κ2) is 8.91. The molecular weight excluding hydrogens is 394 g/mol. The summed E-state index contributed by atoms with van der Waals surface area (Å²) < 4.78 is 1.86. The molecule has 164 valence electrons. The normalized spacial score (nSPS) is 17.8. The lowest BCUT2D eigenvalue weighted by molar-refractivity contribution is -0.135. The van der Waals surface area contributed by atoms with Gasteiger partial charge >= 0.3 is 6.03 Å². The molecule has 1 aromatic heterocycles. The van der Waals surface area contributed by atoms with Crippen LogP contribution < -0.4 is 10.6 Å². The second-order valence-electron chi connectivity index (χ2n) is 8.44. The Kier molecular flexibility index (Phi) is 6.06. The lowest BCUT2D eigenvalue weighted by atomic mass is 9.82. The van der Waals surface area contributed by atoms with Gasteiger partial charge in [-0.3, -0.25) is 14.5 Å². The zero-order chi connectivity index (χ0) is 21.8. The smallest absolute Gasteiger partial charge is 0.325 e. The number of urea groups is 1. The highest BCUT2D eigenvalue weighted by atomic mass is 16.2. The number of hydrogen-bond acceptors (Lipinski definition) is 4. The maximum atomic E-state index is 12.8. The number of imide groups is 1. The van der Waals surface area contributed by atoms with E-state index in [2.05, 4.69) is 15.7 Å². The molecule has 31 heavy (non-hydrogen) atoms. The molecular formula is C23H29N5O3. The lowest BCUT2D eigenvalue weighted by Crippen LogP contribution is -2.49. The van der Waals surface area contributed by atoms with Gasteiger partial charge in [-0.05, 0) is 50.3 Å². The molecule has 8 heteroatoms. The Morgan fingerprint density at radius 2 is 1.90 bits per heavy atom. The molecule has 0 radical (unpaired) electrons. The van der Waals surface area contributed by atoms with Crippen molar-refractivity contribution in [2.24, 2.45) is 0 Å². The van der Waals surface area contributed by atoms with Crippen LogP contribution in [0.1, 0.15) is 49.8 Å². The van der Waals surface area contributed by atoms with Crippen LogP contribution in [0.25, 0.3) is 5.69 Å². The van der Waals surface area contributed by atoms with E-state index in [-0.39, 0.29) is 18.4 Å². The van der Waals surface area contributed by atoms with E-state index >= 15 is 0 Å². The molecule has 1 saturated carbocycles. The fourth-order valence-corrected chi connectivity index (χ4v) is 4.47. The average molecular weight is 424 g/mol. The Balaban J connectivity index is 1.24. The number of nitrogens with one attached hydrogen (secondary N) is 2. The van der Waals surface area contributed by atoms with Crippen LogP contribution in [-0.2, 0) is 16.0 Å². The SMILES string of the molecule is Cc1nn(-c2ccccc2)cc1CCCNC(=O)CN1C(=O)NC2(CCCCC2)C1=O. The Bertz CT molecular complexity index is 963. The zero-order valence-corrected chi connectivity index (χ0v) is 17.9. The number of aryl methyl sites for hydroxylation is 2. The number of nitrogens with zero attached hydrogens (tertiary/aromatic N) is 3. The van der Waals surface area contributed by atoms with E-state index in [1.54, 1.807) is 0 Å². The van der Waals surface area contributed by atoms with Gasteiger partial charge in [0.05, 0.1) is 11.4 Å². The van der Waals surface area contributed by atoms with Gasteiger partial charge in [0.25, 0.3) is 5.91 Å². The predicted molar refractivity (Wildman–Crippen MR) is 116 cm³/mol. The van der Waals surface area contributed by atoms with Gasteiger partial charge in [-0.2, -0.15) is 5.10 Å². The summed E-state index contributed by atoms with van der Waals surface area (Å²) in [6.45, 7) is 2.23. The van der Waals surface area contributed by atoms with E-state index in [1.807, 2.05) is 48.1 Å². The molecule has 4 rings (SSSR count). The third kappa shape index (κ3) is 4.47. The van der Waals surface area contributed by atoms with Crippen LogP contribution in [0.15, 0.2) is 36.5 Å². The molecule has 4 amide bonds. The van der Waals surface area contributed by atoms with E-state index in [0.717, 1.165) is 53.9 Å². The van der Waals surface area contributed by atoms with Crippen LogP contribution in [0, 0.1) is 6.92 Å². The quantitative estimate of drug-likeness (QED) is 0.528. The van der Waals surface area contributed by atoms with Crippen molar-refractivity contribution in [2.75, 3.05) is 13.1 Å². The fourth-order valence-electron chi connectivity index (χ4n) is 4.47. The first-order valence-corrected chi connectivity index (χ1v) is 11.0. The van der Waals surface area contributed by atoms with Crippen LogP contribution in [0.3, 0.4) is 0 Å². The van der Waals surface area contributed by atoms with Crippen LogP contribution in [0.4, 0.5) is 4.79 Å². The third-order valence-corrected chi connectivity index (χ3v) is 6.22. The van der Waals surface area contributed by atoms with E-state index < -0.39 is 11.6 Å². The summed E-state index contributed by atoms with van der Waals surface area (Å²) in [7, 11) is 0. The molecule has 1 saturated heterocycles. The average Bonchev–Trinajstić information content (AvgIpc) is 3.25. The van der Waals surface area contributed by atoms with E-state index in [0.29, 0.717) is 19.4 Å². The predicted octanol–water partition coefficient (Wildman–Crippen LogP) is 2.48. The number of carbonyl (C=O) groups is 3. The largest absolute Gasteiger partial charge is 0.355 e. The Morgan fingerprint density at radius 1 is 1.16 bits per heavy atom. The third-order valence-electron chi connectivity index (χ3n) is 6.22. The van der Waals surface area contributed by atoms with Gasteiger partial charge in [-0.1, -0.05) is 37.5 Å². The molecule has 2 heterocycles. The first kappa shape index (κ1) is 21.1. The molecule has 8 nitrogen and oxygen atoms in total. The molecule has 2 aliphatic rings. The number of amides is 4. The molecule has 2 N–H and O–H groups in total. The Labute approximate surface area is 182 Å². The van der Waals surface area contributed by atoms with E-state index in [4.69, 9.17) is 0 Å². The topological polar surface area (TPSA) is 96.3 Å². The minimum absolute atomic E-state index is 0.225. The van der Waals surface area contributed by atoms with Crippen molar-refractivity contribution in [3.05, 3.63) is 47.8 Å². The summed E-state index contributed by atoms with van der Waals surface area (Å²) in [4.78, 5) is 38.4. The van der Waals surface area contributed by atoms with Crippen molar-refractivity contribution in [3.8, 4) is 5.69 Å². The maximum absolute atomic E-state index is 12.8. The summed E-state index contributed by atoms with van der Waals surface area (Å²) in [5.41, 5.74) is 2.32. The molecule has 1 spiro atoms. The van der Waals surface area contributed by atoms with Gasteiger partial charge in [0.2, 0.25) is 5.91 Å². The van der Waals surface area contributed by atoms with Crippen molar-refractivity contribution in [2.45, 2.75) is 57.4 Å². The summed E-state index contributed by atoms with van der Waals surface area (Å²) in [5, 5.41) is 10.2. The number of para-hydroxylation sites is 1. The van der Waals surface area contributed by atoms with Crippen LogP contribution in [0.5, 0.6) is 0 Å². The number of carbonyl (C=O) groups excluding carboxylic acids is 3. The van der Waals surface area contributed by atoms with E-state index in [1.165, 1.54) is 0 Å². The monoisotopic (exact) mass is 423 g/mol.